The van der Waals surface area contributed by atoms with Crippen LogP contribution in [0.15, 0.2) is 48.5 Å². The Balaban J connectivity index is 2.20. The molecule has 3 aromatic rings. The summed E-state index contributed by atoms with van der Waals surface area (Å²) in [4.78, 5) is 0. The molecule has 0 radical (unpaired) electrons. The van der Waals surface area contributed by atoms with E-state index >= 15 is 0 Å². The van der Waals surface area contributed by atoms with E-state index in [0.717, 1.165) is 0 Å². The summed E-state index contributed by atoms with van der Waals surface area (Å²) in [7, 11) is 0. The summed E-state index contributed by atoms with van der Waals surface area (Å²) < 4.78 is 0. The average molecular weight is 253 g/mol. The lowest BCUT2D eigenvalue weighted by atomic mass is 10.0. The number of nitrogens with zero attached hydrogens (tertiary/aromatic N) is 2. The molecule has 5 nitrogen and oxygen atoms in total. The number of phenolic OH excluding ortho intramolecular Hbond substituents is 2. The summed E-state index contributed by atoms with van der Waals surface area (Å²) in [5.74, 6) is 0.237. The number of para-hydroxylation sites is 2. The summed E-state index contributed by atoms with van der Waals surface area (Å²) >= 11 is 0. The Morgan fingerprint density at radius 2 is 1.11 bits per heavy atom. The number of rotatable bonds is 2. The third kappa shape index (κ3) is 1.91. The molecule has 0 aliphatic rings. The Morgan fingerprint density at radius 1 is 0.684 bits per heavy atom. The largest absolute Gasteiger partial charge is 0.507 e. The Bertz CT molecular complexity index is 662. The van der Waals surface area contributed by atoms with Gasteiger partial charge in [-0.25, -0.2) is 0 Å². The van der Waals surface area contributed by atoms with Gasteiger partial charge in [0, 0.05) is 11.1 Å². The van der Waals surface area contributed by atoms with Crippen LogP contribution < -0.4 is 0 Å². The van der Waals surface area contributed by atoms with Crippen molar-refractivity contribution >= 4 is 0 Å². The van der Waals surface area contributed by atoms with Gasteiger partial charge >= 0.3 is 0 Å². The van der Waals surface area contributed by atoms with Gasteiger partial charge in [0.05, 0.1) is 0 Å². The smallest absolute Gasteiger partial charge is 0.125 e. The molecule has 2 aromatic carbocycles. The zero-order chi connectivity index (χ0) is 13.2. The summed E-state index contributed by atoms with van der Waals surface area (Å²) in [6.45, 7) is 0. The molecule has 1 aromatic heterocycles. The maximum Gasteiger partial charge on any atom is 0.125 e. The van der Waals surface area contributed by atoms with Gasteiger partial charge in [-0.05, 0) is 24.3 Å². The molecule has 0 saturated carbocycles. The van der Waals surface area contributed by atoms with E-state index in [1.54, 1.807) is 48.5 Å². The Morgan fingerprint density at radius 3 is 1.53 bits per heavy atom. The van der Waals surface area contributed by atoms with Crippen molar-refractivity contribution in [2.75, 3.05) is 0 Å². The number of aromatic amines is 1. The van der Waals surface area contributed by atoms with E-state index in [2.05, 4.69) is 15.4 Å². The monoisotopic (exact) mass is 253 g/mol. The van der Waals surface area contributed by atoms with Gasteiger partial charge in [-0.2, -0.15) is 15.4 Å². The number of aromatic nitrogens is 3. The molecule has 0 atom stereocenters. The molecule has 3 rings (SSSR count). The lowest BCUT2D eigenvalue weighted by Crippen LogP contribution is -1.85. The van der Waals surface area contributed by atoms with Gasteiger partial charge in [0.2, 0.25) is 0 Å². The summed E-state index contributed by atoms with van der Waals surface area (Å²) in [6.07, 6.45) is 0. The van der Waals surface area contributed by atoms with Crippen LogP contribution in [0.4, 0.5) is 0 Å². The number of hydrogen-bond acceptors (Lipinski definition) is 4. The Kier molecular flexibility index (Phi) is 2.64. The maximum absolute atomic E-state index is 9.88. The van der Waals surface area contributed by atoms with Gasteiger partial charge in [0.25, 0.3) is 0 Å². The van der Waals surface area contributed by atoms with Crippen molar-refractivity contribution in [1.29, 1.82) is 0 Å². The van der Waals surface area contributed by atoms with E-state index in [9.17, 15) is 10.2 Å². The van der Waals surface area contributed by atoms with Gasteiger partial charge in [0.15, 0.2) is 0 Å². The van der Waals surface area contributed by atoms with Crippen LogP contribution in [0.2, 0.25) is 0 Å². The molecule has 0 aliphatic carbocycles. The quantitative estimate of drug-likeness (QED) is 0.655. The van der Waals surface area contributed by atoms with Gasteiger partial charge in [-0.1, -0.05) is 24.3 Å². The highest BCUT2D eigenvalue weighted by Crippen LogP contribution is 2.36. The highest BCUT2D eigenvalue weighted by molar-refractivity contribution is 5.82. The summed E-state index contributed by atoms with van der Waals surface area (Å²) in [6, 6.07) is 13.7. The normalized spacial score (nSPS) is 10.5. The second-order valence-electron chi connectivity index (χ2n) is 4.06. The summed E-state index contributed by atoms with van der Waals surface area (Å²) in [5, 5.41) is 30.4. The van der Waals surface area contributed by atoms with Crippen molar-refractivity contribution < 1.29 is 10.2 Å². The fourth-order valence-electron chi connectivity index (χ4n) is 1.95. The zero-order valence-corrected chi connectivity index (χ0v) is 9.91. The number of hydrogen-bond donors (Lipinski definition) is 3. The van der Waals surface area contributed by atoms with Crippen LogP contribution in [0.25, 0.3) is 22.5 Å². The molecule has 5 heteroatoms. The van der Waals surface area contributed by atoms with Crippen molar-refractivity contribution in [3.63, 3.8) is 0 Å². The van der Waals surface area contributed by atoms with Crippen molar-refractivity contribution in [2.45, 2.75) is 0 Å². The predicted octanol–water partition coefficient (Wildman–Crippen LogP) is 2.55. The van der Waals surface area contributed by atoms with E-state index in [1.165, 1.54) is 0 Å². The first-order chi connectivity index (χ1) is 9.27. The van der Waals surface area contributed by atoms with Crippen molar-refractivity contribution in [2.24, 2.45) is 0 Å². The molecule has 0 unspecified atom stereocenters. The van der Waals surface area contributed by atoms with E-state index in [0.29, 0.717) is 22.5 Å². The van der Waals surface area contributed by atoms with Crippen LogP contribution in [-0.2, 0) is 0 Å². The van der Waals surface area contributed by atoms with Gasteiger partial charge in [-0.15, -0.1) is 0 Å². The lowest BCUT2D eigenvalue weighted by molar-refractivity contribution is 0.476. The molecule has 0 aliphatic heterocycles. The van der Waals surface area contributed by atoms with Gasteiger partial charge in [0.1, 0.15) is 22.9 Å². The number of aromatic hydroxyl groups is 2. The van der Waals surface area contributed by atoms with Crippen LogP contribution in [-0.4, -0.2) is 25.6 Å². The highest BCUT2D eigenvalue weighted by Gasteiger charge is 2.17. The molecule has 94 valence electrons. The number of benzene rings is 2. The van der Waals surface area contributed by atoms with Crippen molar-refractivity contribution in [3.8, 4) is 34.0 Å². The number of H-pyrrole nitrogens is 1. The fourth-order valence-corrected chi connectivity index (χ4v) is 1.95. The molecule has 0 bridgehead atoms. The highest BCUT2D eigenvalue weighted by atomic mass is 16.3. The van der Waals surface area contributed by atoms with Crippen LogP contribution in [0, 0.1) is 0 Å². The van der Waals surface area contributed by atoms with E-state index in [4.69, 9.17) is 0 Å². The molecule has 0 spiro atoms. The second-order valence-corrected chi connectivity index (χ2v) is 4.06. The van der Waals surface area contributed by atoms with Crippen LogP contribution in [0.5, 0.6) is 11.5 Å². The Hall–Kier alpha value is -2.82. The topological polar surface area (TPSA) is 82.0 Å². The third-order valence-electron chi connectivity index (χ3n) is 2.87. The van der Waals surface area contributed by atoms with Gasteiger partial charge < -0.3 is 10.2 Å². The van der Waals surface area contributed by atoms with Crippen molar-refractivity contribution in [3.05, 3.63) is 48.5 Å². The van der Waals surface area contributed by atoms with Crippen LogP contribution >= 0.6 is 0 Å². The first-order valence-electron chi connectivity index (χ1n) is 5.75. The first kappa shape index (κ1) is 11.3. The molecule has 0 fully saturated rings. The Labute approximate surface area is 109 Å². The molecule has 19 heavy (non-hydrogen) atoms. The van der Waals surface area contributed by atoms with Crippen LogP contribution in [0.3, 0.4) is 0 Å². The predicted molar refractivity (Wildman–Crippen MR) is 70.6 cm³/mol. The summed E-state index contributed by atoms with van der Waals surface area (Å²) in [5.41, 5.74) is 2.13. The fraction of sp³-hybridized carbons (Fsp3) is 0. The van der Waals surface area contributed by atoms with E-state index in [1.807, 2.05) is 0 Å². The molecule has 0 amide bonds. The number of phenols is 2. The minimum atomic E-state index is 0.119. The first-order valence-corrected chi connectivity index (χ1v) is 5.75. The molecule has 0 saturated heterocycles. The SMILES string of the molecule is Oc1ccccc1-c1n[nH]nc1-c1ccccc1O. The average Bonchev–Trinajstić information content (AvgIpc) is 2.89. The molecular formula is C14H11N3O2. The molecular weight excluding hydrogens is 242 g/mol. The molecule has 3 N–H and O–H groups in total. The lowest BCUT2D eigenvalue weighted by Gasteiger charge is -2.04. The minimum Gasteiger partial charge on any atom is -0.507 e. The molecule has 1 heterocycles. The standard InChI is InChI=1S/C14H11N3O2/c18-11-7-3-1-5-9(11)13-14(16-17-15-13)10-6-2-4-8-12(10)19/h1-8,18-19H,(H,15,16,17). The maximum atomic E-state index is 9.88. The van der Waals surface area contributed by atoms with Crippen molar-refractivity contribution in [1.82, 2.24) is 15.4 Å². The minimum absolute atomic E-state index is 0.119. The number of nitrogens with one attached hydrogen (secondary N) is 1. The third-order valence-corrected chi connectivity index (χ3v) is 2.87. The second kappa shape index (κ2) is 4.45. The zero-order valence-electron chi connectivity index (χ0n) is 9.91. The van der Waals surface area contributed by atoms with E-state index < -0.39 is 0 Å². The van der Waals surface area contributed by atoms with Crippen LogP contribution in [0.1, 0.15) is 0 Å². The van der Waals surface area contributed by atoms with Gasteiger partial charge in [-0.3, -0.25) is 0 Å². The van der Waals surface area contributed by atoms with E-state index in [-0.39, 0.29) is 11.5 Å².